The molecule has 1 unspecified atom stereocenters. The fraction of sp³-hybridized carbons (Fsp3) is 0.278. The van der Waals surface area contributed by atoms with Gasteiger partial charge in [0.15, 0.2) is 0 Å². The van der Waals surface area contributed by atoms with Gasteiger partial charge in [-0.2, -0.15) is 0 Å². The smallest absolute Gasteiger partial charge is 0.237 e. The van der Waals surface area contributed by atoms with E-state index in [0.29, 0.717) is 13.0 Å². The third kappa shape index (κ3) is 4.43. The highest BCUT2D eigenvalue weighted by molar-refractivity contribution is 5.81. The predicted molar refractivity (Wildman–Crippen MR) is 85.9 cm³/mol. The van der Waals surface area contributed by atoms with Crippen LogP contribution >= 0.6 is 0 Å². The third-order valence-corrected chi connectivity index (χ3v) is 3.59. The molecule has 0 bridgehead atoms. The van der Waals surface area contributed by atoms with Gasteiger partial charge in [0.05, 0.1) is 6.04 Å². The Morgan fingerprint density at radius 3 is 2.52 bits per heavy atom. The van der Waals surface area contributed by atoms with Crippen molar-refractivity contribution in [1.29, 1.82) is 0 Å². The summed E-state index contributed by atoms with van der Waals surface area (Å²) in [6.07, 6.45) is 0.555. The minimum atomic E-state index is -0.516. The SMILES string of the molecule is Cc1ccc(CNC(=O)C(N)Cc2ccccc2)c(C)c1. The Balaban J connectivity index is 1.89. The molecule has 0 heterocycles. The van der Waals surface area contributed by atoms with Crippen molar-refractivity contribution >= 4 is 5.91 Å². The molecule has 1 amide bonds. The number of nitrogens with one attached hydrogen (secondary N) is 1. The van der Waals surface area contributed by atoms with Crippen LogP contribution in [0.15, 0.2) is 48.5 Å². The Bertz CT molecular complexity index is 608. The number of hydrogen-bond donors (Lipinski definition) is 2. The van der Waals surface area contributed by atoms with Crippen molar-refractivity contribution in [3.8, 4) is 0 Å². The van der Waals surface area contributed by atoms with Crippen molar-refractivity contribution in [2.75, 3.05) is 0 Å². The average Bonchev–Trinajstić information content (AvgIpc) is 2.47. The van der Waals surface area contributed by atoms with Crippen LogP contribution in [0.3, 0.4) is 0 Å². The summed E-state index contributed by atoms with van der Waals surface area (Å²) >= 11 is 0. The summed E-state index contributed by atoms with van der Waals surface area (Å²) < 4.78 is 0. The zero-order valence-corrected chi connectivity index (χ0v) is 12.6. The molecule has 1 atom stereocenters. The molecule has 0 radical (unpaired) electrons. The topological polar surface area (TPSA) is 55.1 Å². The van der Waals surface area contributed by atoms with Crippen LogP contribution in [0.5, 0.6) is 0 Å². The van der Waals surface area contributed by atoms with Gasteiger partial charge >= 0.3 is 0 Å². The number of nitrogens with two attached hydrogens (primary N) is 1. The largest absolute Gasteiger partial charge is 0.351 e. The summed E-state index contributed by atoms with van der Waals surface area (Å²) in [6.45, 7) is 4.64. The first kappa shape index (κ1) is 15.3. The summed E-state index contributed by atoms with van der Waals surface area (Å²) in [7, 11) is 0. The molecule has 3 N–H and O–H groups in total. The Labute approximate surface area is 126 Å². The van der Waals surface area contributed by atoms with Gasteiger partial charge in [-0.25, -0.2) is 0 Å². The average molecular weight is 282 g/mol. The Hall–Kier alpha value is -2.13. The van der Waals surface area contributed by atoms with E-state index in [-0.39, 0.29) is 5.91 Å². The van der Waals surface area contributed by atoms with Crippen molar-refractivity contribution in [3.05, 3.63) is 70.8 Å². The standard InChI is InChI=1S/C18H22N2O/c1-13-8-9-16(14(2)10-13)12-20-18(21)17(19)11-15-6-4-3-5-7-15/h3-10,17H,11-12,19H2,1-2H3,(H,20,21). The van der Waals surface area contributed by atoms with Crippen LogP contribution in [-0.4, -0.2) is 11.9 Å². The van der Waals surface area contributed by atoms with E-state index in [2.05, 4.69) is 31.3 Å². The van der Waals surface area contributed by atoms with Crippen LogP contribution < -0.4 is 11.1 Å². The first-order valence-corrected chi connectivity index (χ1v) is 7.19. The molecule has 0 aromatic heterocycles. The molecule has 2 rings (SSSR count). The van der Waals surface area contributed by atoms with Crippen molar-refractivity contribution in [1.82, 2.24) is 5.32 Å². The Kier molecular flexibility index (Phi) is 5.12. The van der Waals surface area contributed by atoms with Crippen LogP contribution in [0.4, 0.5) is 0 Å². The Morgan fingerprint density at radius 2 is 1.86 bits per heavy atom. The van der Waals surface area contributed by atoms with Crippen molar-refractivity contribution in [3.63, 3.8) is 0 Å². The van der Waals surface area contributed by atoms with Gasteiger partial charge in [-0.3, -0.25) is 4.79 Å². The normalized spacial score (nSPS) is 12.0. The maximum Gasteiger partial charge on any atom is 0.237 e. The van der Waals surface area contributed by atoms with Crippen LogP contribution in [-0.2, 0) is 17.8 Å². The van der Waals surface area contributed by atoms with Gasteiger partial charge in [0.25, 0.3) is 0 Å². The number of aryl methyl sites for hydroxylation is 2. The van der Waals surface area contributed by atoms with Crippen LogP contribution in [0.1, 0.15) is 22.3 Å². The highest BCUT2D eigenvalue weighted by atomic mass is 16.2. The fourth-order valence-corrected chi connectivity index (χ4v) is 2.32. The third-order valence-electron chi connectivity index (χ3n) is 3.59. The second-order valence-corrected chi connectivity index (χ2v) is 5.44. The number of rotatable bonds is 5. The zero-order valence-electron chi connectivity index (χ0n) is 12.6. The predicted octanol–water partition coefficient (Wildman–Crippen LogP) is 2.49. The molecular weight excluding hydrogens is 260 g/mol. The van der Waals surface area contributed by atoms with E-state index in [4.69, 9.17) is 5.73 Å². The minimum absolute atomic E-state index is 0.112. The second kappa shape index (κ2) is 7.04. The molecule has 0 aliphatic heterocycles. The number of hydrogen-bond acceptors (Lipinski definition) is 2. The van der Waals surface area contributed by atoms with Crippen LogP contribution in [0, 0.1) is 13.8 Å². The minimum Gasteiger partial charge on any atom is -0.351 e. The van der Waals surface area contributed by atoms with E-state index in [1.54, 1.807) is 0 Å². The molecule has 0 aliphatic carbocycles. The summed E-state index contributed by atoms with van der Waals surface area (Å²) in [6, 6.07) is 15.5. The van der Waals surface area contributed by atoms with E-state index in [1.165, 1.54) is 11.1 Å². The highest BCUT2D eigenvalue weighted by Gasteiger charge is 2.13. The van der Waals surface area contributed by atoms with Gasteiger partial charge in [0.1, 0.15) is 0 Å². The van der Waals surface area contributed by atoms with Gasteiger partial charge in [-0.1, -0.05) is 54.1 Å². The Morgan fingerprint density at radius 1 is 1.14 bits per heavy atom. The molecule has 0 fully saturated rings. The lowest BCUT2D eigenvalue weighted by molar-refractivity contribution is -0.122. The van der Waals surface area contributed by atoms with E-state index in [0.717, 1.165) is 11.1 Å². The van der Waals surface area contributed by atoms with E-state index in [1.807, 2.05) is 36.4 Å². The zero-order chi connectivity index (χ0) is 15.2. The summed E-state index contributed by atoms with van der Waals surface area (Å²) in [4.78, 5) is 12.1. The molecule has 0 spiro atoms. The summed E-state index contributed by atoms with van der Waals surface area (Å²) in [5.74, 6) is -0.112. The van der Waals surface area contributed by atoms with Gasteiger partial charge in [-0.05, 0) is 37.0 Å². The number of carbonyl (C=O) groups is 1. The molecule has 0 aliphatic rings. The van der Waals surface area contributed by atoms with Crippen molar-refractivity contribution in [2.24, 2.45) is 5.73 Å². The quantitative estimate of drug-likeness (QED) is 0.885. The van der Waals surface area contributed by atoms with Gasteiger partial charge in [0.2, 0.25) is 5.91 Å². The van der Waals surface area contributed by atoms with Gasteiger partial charge < -0.3 is 11.1 Å². The molecular formula is C18H22N2O. The molecule has 21 heavy (non-hydrogen) atoms. The molecule has 0 saturated carbocycles. The lowest BCUT2D eigenvalue weighted by atomic mass is 10.0. The van der Waals surface area contributed by atoms with Crippen molar-refractivity contribution in [2.45, 2.75) is 32.9 Å². The first-order chi connectivity index (χ1) is 10.1. The van der Waals surface area contributed by atoms with Crippen LogP contribution in [0.2, 0.25) is 0 Å². The molecule has 0 saturated heterocycles. The molecule has 3 nitrogen and oxygen atoms in total. The van der Waals surface area contributed by atoms with Gasteiger partial charge in [-0.15, -0.1) is 0 Å². The highest BCUT2D eigenvalue weighted by Crippen LogP contribution is 2.10. The van der Waals surface area contributed by atoms with Gasteiger partial charge in [0, 0.05) is 6.54 Å². The van der Waals surface area contributed by atoms with E-state index >= 15 is 0 Å². The first-order valence-electron chi connectivity index (χ1n) is 7.19. The molecule has 2 aromatic carbocycles. The number of amides is 1. The second-order valence-electron chi connectivity index (χ2n) is 5.44. The van der Waals surface area contributed by atoms with Crippen LogP contribution in [0.25, 0.3) is 0 Å². The molecule has 3 heteroatoms. The monoisotopic (exact) mass is 282 g/mol. The maximum atomic E-state index is 12.1. The number of benzene rings is 2. The number of carbonyl (C=O) groups excluding carboxylic acids is 1. The van der Waals surface area contributed by atoms with E-state index in [9.17, 15) is 4.79 Å². The summed E-state index contributed by atoms with van der Waals surface area (Å²) in [5.41, 5.74) is 10.6. The molecule has 110 valence electrons. The summed E-state index contributed by atoms with van der Waals surface area (Å²) in [5, 5.41) is 2.92. The van der Waals surface area contributed by atoms with Crippen molar-refractivity contribution < 1.29 is 4.79 Å². The lowest BCUT2D eigenvalue weighted by Crippen LogP contribution is -2.41. The molecule has 2 aromatic rings. The fourth-order valence-electron chi connectivity index (χ4n) is 2.32. The lowest BCUT2D eigenvalue weighted by Gasteiger charge is -2.13. The van der Waals surface area contributed by atoms with E-state index < -0.39 is 6.04 Å². The maximum absolute atomic E-state index is 12.1.